The number of nitrogens with zero attached hydrogens (tertiary/aromatic N) is 2. The maximum Gasteiger partial charge on any atom is 0.228 e. The molecule has 2 aromatic carbocycles. The van der Waals surface area contributed by atoms with Gasteiger partial charge >= 0.3 is 0 Å². The SMILES string of the molecule is COc1cc2c(cc1OC(C)C)C(c1ccc(Cl)cc1)N(C1CCC(N(C)CCCO)CC1)C(=O)C2. The highest BCUT2D eigenvalue weighted by Gasteiger charge is 2.40. The van der Waals surface area contributed by atoms with E-state index in [9.17, 15) is 9.90 Å². The molecule has 1 N–H and O–H groups in total. The predicted octanol–water partition coefficient (Wildman–Crippen LogP) is 5.24. The van der Waals surface area contributed by atoms with Crippen LogP contribution in [0.4, 0.5) is 0 Å². The number of benzene rings is 2. The quantitative estimate of drug-likeness (QED) is 0.496. The summed E-state index contributed by atoms with van der Waals surface area (Å²) in [5.41, 5.74) is 3.13. The Bertz CT molecular complexity index is 1030. The summed E-state index contributed by atoms with van der Waals surface area (Å²) in [7, 11) is 3.78. The smallest absolute Gasteiger partial charge is 0.228 e. The Kier molecular flexibility index (Phi) is 8.81. The molecule has 0 bridgehead atoms. The lowest BCUT2D eigenvalue weighted by atomic mass is 9.82. The first kappa shape index (κ1) is 26.8. The van der Waals surface area contributed by atoms with Crippen LogP contribution < -0.4 is 9.47 Å². The zero-order valence-corrected chi connectivity index (χ0v) is 22.6. The van der Waals surface area contributed by atoms with Crippen LogP contribution in [0.3, 0.4) is 0 Å². The zero-order valence-electron chi connectivity index (χ0n) is 21.9. The predicted molar refractivity (Wildman–Crippen MR) is 143 cm³/mol. The molecule has 2 aliphatic rings. The molecule has 1 saturated carbocycles. The van der Waals surface area contributed by atoms with Gasteiger partial charge in [-0.25, -0.2) is 0 Å². The van der Waals surface area contributed by atoms with Gasteiger partial charge < -0.3 is 24.4 Å². The molecule has 1 aliphatic carbocycles. The van der Waals surface area contributed by atoms with E-state index in [-0.39, 0.29) is 30.7 Å². The Balaban J connectivity index is 1.69. The number of ether oxygens (including phenoxy) is 2. The molecular weight excluding hydrogens is 476 g/mol. The third-order valence-corrected chi connectivity index (χ3v) is 7.78. The van der Waals surface area contributed by atoms with Crippen LogP contribution in [-0.4, -0.2) is 66.3 Å². The number of hydrogen-bond donors (Lipinski definition) is 1. The summed E-state index contributed by atoms with van der Waals surface area (Å²) in [4.78, 5) is 18.2. The van der Waals surface area contributed by atoms with Gasteiger partial charge in [0.25, 0.3) is 0 Å². The minimum absolute atomic E-state index is 0.00496. The van der Waals surface area contributed by atoms with Crippen LogP contribution in [0.2, 0.25) is 5.02 Å². The molecule has 1 fully saturated rings. The third kappa shape index (κ3) is 5.82. The highest BCUT2D eigenvalue weighted by atomic mass is 35.5. The van der Waals surface area contributed by atoms with Crippen molar-refractivity contribution in [2.75, 3.05) is 27.3 Å². The summed E-state index contributed by atoms with van der Waals surface area (Å²) in [6.07, 6.45) is 5.16. The summed E-state index contributed by atoms with van der Waals surface area (Å²) < 4.78 is 11.7. The maximum absolute atomic E-state index is 13.7. The normalized spacial score (nSPS) is 22.2. The Morgan fingerprint density at radius 3 is 2.42 bits per heavy atom. The minimum Gasteiger partial charge on any atom is -0.493 e. The fraction of sp³-hybridized carbons (Fsp3) is 0.552. The third-order valence-electron chi connectivity index (χ3n) is 7.53. The monoisotopic (exact) mass is 514 g/mol. The number of hydrogen-bond acceptors (Lipinski definition) is 5. The lowest BCUT2D eigenvalue weighted by Gasteiger charge is -2.46. The Labute approximate surface area is 220 Å². The minimum atomic E-state index is -0.201. The maximum atomic E-state index is 13.7. The fourth-order valence-electron chi connectivity index (χ4n) is 5.76. The van der Waals surface area contributed by atoms with Gasteiger partial charge in [0.05, 0.1) is 25.7 Å². The van der Waals surface area contributed by atoms with Crippen molar-refractivity contribution in [1.29, 1.82) is 0 Å². The summed E-state index contributed by atoms with van der Waals surface area (Å²) in [5.74, 6) is 1.51. The van der Waals surface area contributed by atoms with Gasteiger partial charge in [-0.2, -0.15) is 0 Å². The number of aliphatic hydroxyl groups is 1. The topological polar surface area (TPSA) is 62.2 Å². The summed E-state index contributed by atoms with van der Waals surface area (Å²) in [6.45, 7) is 5.12. The van der Waals surface area contributed by atoms with Crippen LogP contribution in [0.25, 0.3) is 0 Å². The Morgan fingerprint density at radius 1 is 1.11 bits per heavy atom. The number of aliphatic hydroxyl groups excluding tert-OH is 1. The van der Waals surface area contributed by atoms with Gasteiger partial charge in [-0.05, 0) is 94.0 Å². The first-order valence-corrected chi connectivity index (χ1v) is 13.4. The van der Waals surface area contributed by atoms with Gasteiger partial charge in [0.1, 0.15) is 0 Å². The van der Waals surface area contributed by atoms with Crippen molar-refractivity contribution in [1.82, 2.24) is 9.80 Å². The van der Waals surface area contributed by atoms with Gasteiger partial charge in [-0.3, -0.25) is 4.79 Å². The van der Waals surface area contributed by atoms with Crippen molar-refractivity contribution >= 4 is 17.5 Å². The Hall–Kier alpha value is -2.28. The van der Waals surface area contributed by atoms with E-state index in [1.165, 1.54) is 0 Å². The average Bonchev–Trinajstić information content (AvgIpc) is 2.87. The van der Waals surface area contributed by atoms with Crippen LogP contribution in [0, 0.1) is 0 Å². The first-order valence-electron chi connectivity index (χ1n) is 13.1. The standard InChI is InChI=1S/C29H39ClN2O4/c1-19(2)36-27-18-25-21(16-26(27)35-4)17-28(34)32(29(25)20-6-8-22(30)9-7-20)24-12-10-23(11-13-24)31(3)14-5-15-33/h6-9,16,18-19,23-24,29,33H,5,10-15,17H2,1-4H3. The highest BCUT2D eigenvalue weighted by molar-refractivity contribution is 6.30. The van der Waals surface area contributed by atoms with Crippen molar-refractivity contribution in [3.8, 4) is 11.5 Å². The number of fused-ring (bicyclic) bond motifs is 1. The highest BCUT2D eigenvalue weighted by Crippen LogP contribution is 2.44. The molecular formula is C29H39ClN2O4. The van der Waals surface area contributed by atoms with Gasteiger partial charge in [0, 0.05) is 30.3 Å². The van der Waals surface area contributed by atoms with Gasteiger partial charge in [0.15, 0.2) is 11.5 Å². The fourth-order valence-corrected chi connectivity index (χ4v) is 5.88. The molecule has 7 heteroatoms. The van der Waals surface area contributed by atoms with Crippen LogP contribution in [0.1, 0.15) is 68.7 Å². The second-order valence-electron chi connectivity index (χ2n) is 10.3. The van der Waals surface area contributed by atoms with E-state index in [0.717, 1.165) is 55.3 Å². The number of amides is 1. The molecule has 4 rings (SSSR count). The molecule has 1 atom stereocenters. The van der Waals surface area contributed by atoms with E-state index in [0.29, 0.717) is 29.0 Å². The molecule has 0 radical (unpaired) electrons. The molecule has 1 aliphatic heterocycles. The van der Waals surface area contributed by atoms with Crippen molar-refractivity contribution in [3.05, 3.63) is 58.1 Å². The van der Waals surface area contributed by atoms with Crippen LogP contribution in [-0.2, 0) is 11.2 Å². The first-order chi connectivity index (χ1) is 17.3. The van der Waals surface area contributed by atoms with Crippen molar-refractivity contribution < 1.29 is 19.4 Å². The van der Waals surface area contributed by atoms with Crippen LogP contribution >= 0.6 is 11.6 Å². The second-order valence-corrected chi connectivity index (χ2v) is 10.8. The van der Waals surface area contributed by atoms with Crippen molar-refractivity contribution in [2.45, 2.75) is 76.6 Å². The number of halogens is 1. The molecule has 6 nitrogen and oxygen atoms in total. The van der Waals surface area contributed by atoms with Crippen molar-refractivity contribution in [2.24, 2.45) is 0 Å². The van der Waals surface area contributed by atoms with E-state index in [4.69, 9.17) is 21.1 Å². The number of rotatable bonds is 9. The van der Waals surface area contributed by atoms with Crippen molar-refractivity contribution in [3.63, 3.8) is 0 Å². The molecule has 1 amide bonds. The van der Waals surface area contributed by atoms with Crippen LogP contribution in [0.15, 0.2) is 36.4 Å². The van der Waals surface area contributed by atoms with E-state index in [1.807, 2.05) is 44.2 Å². The lowest BCUT2D eigenvalue weighted by Crippen LogP contribution is -2.50. The van der Waals surface area contributed by atoms with E-state index >= 15 is 0 Å². The molecule has 0 spiro atoms. The second kappa shape index (κ2) is 11.8. The van der Waals surface area contributed by atoms with Gasteiger partial charge in [-0.15, -0.1) is 0 Å². The van der Waals surface area contributed by atoms with E-state index in [2.05, 4.69) is 22.9 Å². The largest absolute Gasteiger partial charge is 0.493 e. The summed E-state index contributed by atoms with van der Waals surface area (Å²) in [5, 5.41) is 9.87. The molecule has 0 saturated heterocycles. The molecule has 1 heterocycles. The molecule has 36 heavy (non-hydrogen) atoms. The van der Waals surface area contributed by atoms with Gasteiger partial charge in [0.2, 0.25) is 5.91 Å². The molecule has 0 aromatic heterocycles. The number of carbonyl (C=O) groups excluding carboxylic acids is 1. The lowest BCUT2D eigenvalue weighted by molar-refractivity contribution is -0.137. The molecule has 1 unspecified atom stereocenters. The Morgan fingerprint density at radius 2 is 1.81 bits per heavy atom. The number of methoxy groups -OCH3 is 1. The van der Waals surface area contributed by atoms with Gasteiger partial charge in [-0.1, -0.05) is 23.7 Å². The van der Waals surface area contributed by atoms with E-state index < -0.39 is 0 Å². The number of carbonyl (C=O) groups is 1. The van der Waals surface area contributed by atoms with Crippen LogP contribution in [0.5, 0.6) is 11.5 Å². The summed E-state index contributed by atoms with van der Waals surface area (Å²) >= 11 is 6.23. The van der Waals surface area contributed by atoms with E-state index in [1.54, 1.807) is 7.11 Å². The summed E-state index contributed by atoms with van der Waals surface area (Å²) in [6, 6.07) is 12.4. The average molecular weight is 515 g/mol. The molecule has 196 valence electrons. The zero-order chi connectivity index (χ0) is 25.8. The molecule has 2 aromatic rings.